The third-order valence-corrected chi connectivity index (χ3v) is 4.76. The highest BCUT2D eigenvalue weighted by atomic mass is 32.2. The quantitative estimate of drug-likeness (QED) is 0.525. The van der Waals surface area contributed by atoms with Gasteiger partial charge in [0, 0.05) is 11.8 Å². The topological polar surface area (TPSA) is 127 Å². The SMILES string of the molecule is CCSC1CCC1(O)CNc1ncc([N+](=O)[O-])c(N)n1. The van der Waals surface area contributed by atoms with Gasteiger partial charge < -0.3 is 16.2 Å². The van der Waals surface area contributed by atoms with Crippen molar-refractivity contribution in [1.29, 1.82) is 0 Å². The van der Waals surface area contributed by atoms with Crippen molar-refractivity contribution >= 4 is 29.2 Å². The molecule has 1 aromatic rings. The maximum atomic E-state index is 10.6. The van der Waals surface area contributed by atoms with E-state index < -0.39 is 10.5 Å². The van der Waals surface area contributed by atoms with E-state index in [1.165, 1.54) is 0 Å². The Balaban J connectivity index is 1.98. The van der Waals surface area contributed by atoms with Gasteiger partial charge in [0.1, 0.15) is 6.20 Å². The highest BCUT2D eigenvalue weighted by molar-refractivity contribution is 8.00. The Labute approximate surface area is 120 Å². The fraction of sp³-hybridized carbons (Fsp3) is 0.636. The van der Waals surface area contributed by atoms with Crippen LogP contribution in [0.5, 0.6) is 0 Å². The summed E-state index contributed by atoms with van der Waals surface area (Å²) in [6.07, 6.45) is 2.77. The summed E-state index contributed by atoms with van der Waals surface area (Å²) in [5, 5.41) is 24.1. The maximum Gasteiger partial charge on any atom is 0.329 e. The lowest BCUT2D eigenvalue weighted by atomic mass is 9.79. The van der Waals surface area contributed by atoms with E-state index in [2.05, 4.69) is 22.2 Å². The molecule has 0 aromatic carbocycles. The molecule has 0 radical (unpaired) electrons. The molecule has 4 N–H and O–H groups in total. The Kier molecular flexibility index (Phi) is 4.29. The van der Waals surface area contributed by atoms with Gasteiger partial charge in [-0.25, -0.2) is 4.98 Å². The molecule has 1 aliphatic rings. The first-order valence-electron chi connectivity index (χ1n) is 6.31. The Hall–Kier alpha value is -1.61. The lowest BCUT2D eigenvalue weighted by molar-refractivity contribution is -0.384. The lowest BCUT2D eigenvalue weighted by Crippen LogP contribution is -2.54. The molecule has 2 rings (SSSR count). The number of nitrogens with two attached hydrogens (primary N) is 1. The third-order valence-electron chi connectivity index (χ3n) is 3.35. The Bertz CT molecular complexity index is 515. The van der Waals surface area contributed by atoms with Crippen molar-refractivity contribution in [1.82, 2.24) is 9.97 Å². The summed E-state index contributed by atoms with van der Waals surface area (Å²) in [7, 11) is 0. The van der Waals surface area contributed by atoms with Crippen LogP contribution in [0.4, 0.5) is 17.5 Å². The Morgan fingerprint density at radius 1 is 1.75 bits per heavy atom. The van der Waals surface area contributed by atoms with E-state index in [9.17, 15) is 15.2 Å². The highest BCUT2D eigenvalue weighted by Gasteiger charge is 2.45. The summed E-state index contributed by atoms with van der Waals surface area (Å²) in [5.41, 5.74) is 4.38. The van der Waals surface area contributed by atoms with Gasteiger partial charge in [-0.05, 0) is 18.6 Å². The molecule has 1 heterocycles. The van der Waals surface area contributed by atoms with E-state index in [-0.39, 0.29) is 22.7 Å². The summed E-state index contributed by atoms with van der Waals surface area (Å²) in [4.78, 5) is 17.6. The fourth-order valence-corrected chi connectivity index (χ4v) is 3.28. The summed E-state index contributed by atoms with van der Waals surface area (Å²) >= 11 is 1.72. The van der Waals surface area contributed by atoms with Gasteiger partial charge in [0.25, 0.3) is 0 Å². The minimum absolute atomic E-state index is 0.187. The van der Waals surface area contributed by atoms with Crippen molar-refractivity contribution in [3.8, 4) is 0 Å². The van der Waals surface area contributed by atoms with Crippen LogP contribution in [0.2, 0.25) is 0 Å². The van der Waals surface area contributed by atoms with E-state index >= 15 is 0 Å². The number of aliphatic hydroxyl groups is 1. The summed E-state index contributed by atoms with van der Waals surface area (Å²) in [6, 6.07) is 0. The Morgan fingerprint density at radius 2 is 2.50 bits per heavy atom. The molecule has 1 aromatic heterocycles. The van der Waals surface area contributed by atoms with Gasteiger partial charge in [-0.2, -0.15) is 16.7 Å². The number of hydrogen-bond acceptors (Lipinski definition) is 8. The number of aromatic nitrogens is 2. The van der Waals surface area contributed by atoms with E-state index in [1.807, 2.05) is 0 Å². The van der Waals surface area contributed by atoms with Crippen molar-refractivity contribution in [2.45, 2.75) is 30.6 Å². The Morgan fingerprint density at radius 3 is 3.00 bits per heavy atom. The van der Waals surface area contributed by atoms with Gasteiger partial charge in [-0.3, -0.25) is 10.1 Å². The van der Waals surface area contributed by atoms with E-state index in [4.69, 9.17) is 5.73 Å². The van der Waals surface area contributed by atoms with Crippen LogP contribution < -0.4 is 11.1 Å². The number of nitro groups is 1. The molecular formula is C11H17N5O3S. The number of rotatable bonds is 6. The molecule has 0 spiro atoms. The second kappa shape index (κ2) is 5.80. The smallest absolute Gasteiger partial charge is 0.329 e. The molecule has 8 nitrogen and oxygen atoms in total. The van der Waals surface area contributed by atoms with Crippen LogP contribution in [0.3, 0.4) is 0 Å². The van der Waals surface area contributed by atoms with Gasteiger partial charge in [0.15, 0.2) is 0 Å². The zero-order chi connectivity index (χ0) is 14.8. The van der Waals surface area contributed by atoms with Crippen LogP contribution in [0.1, 0.15) is 19.8 Å². The van der Waals surface area contributed by atoms with Crippen molar-refractivity contribution in [3.63, 3.8) is 0 Å². The van der Waals surface area contributed by atoms with Gasteiger partial charge in [-0.15, -0.1) is 0 Å². The second-order valence-corrected chi connectivity index (χ2v) is 6.14. The predicted octanol–water partition coefficient (Wildman–Crippen LogP) is 1.03. The van der Waals surface area contributed by atoms with Crippen LogP contribution in [0.25, 0.3) is 0 Å². The number of thioether (sulfide) groups is 1. The van der Waals surface area contributed by atoms with Gasteiger partial charge in [0.2, 0.25) is 11.8 Å². The molecule has 20 heavy (non-hydrogen) atoms. The van der Waals surface area contributed by atoms with Crippen LogP contribution in [-0.2, 0) is 0 Å². The standard InChI is InChI=1S/C11H17N5O3S/c1-2-20-8-3-4-11(8,17)6-14-10-13-5-7(16(18)19)9(12)15-10/h5,8,17H,2-4,6H2,1H3,(H3,12,13,14,15). The average Bonchev–Trinajstić information content (AvgIpc) is 2.40. The number of anilines is 2. The summed E-state index contributed by atoms with van der Waals surface area (Å²) < 4.78 is 0. The molecule has 1 saturated carbocycles. The fourth-order valence-electron chi connectivity index (χ4n) is 2.08. The van der Waals surface area contributed by atoms with Crippen LogP contribution in [0.15, 0.2) is 6.20 Å². The number of nitrogens with one attached hydrogen (secondary N) is 1. The number of nitrogens with zero attached hydrogens (tertiary/aromatic N) is 3. The zero-order valence-electron chi connectivity index (χ0n) is 11.1. The van der Waals surface area contributed by atoms with Crippen LogP contribution in [-0.4, -0.2) is 43.1 Å². The van der Waals surface area contributed by atoms with Gasteiger partial charge >= 0.3 is 5.69 Å². The van der Waals surface area contributed by atoms with Crippen molar-refractivity contribution in [3.05, 3.63) is 16.3 Å². The molecule has 0 amide bonds. The molecule has 0 bridgehead atoms. The molecule has 0 aliphatic heterocycles. The number of hydrogen-bond donors (Lipinski definition) is 3. The molecule has 2 atom stereocenters. The van der Waals surface area contributed by atoms with E-state index in [1.54, 1.807) is 11.8 Å². The van der Waals surface area contributed by atoms with Gasteiger partial charge in [-0.1, -0.05) is 6.92 Å². The average molecular weight is 299 g/mol. The maximum absolute atomic E-state index is 10.6. The van der Waals surface area contributed by atoms with E-state index in [0.717, 1.165) is 24.8 Å². The first-order chi connectivity index (χ1) is 9.46. The molecule has 0 saturated heterocycles. The van der Waals surface area contributed by atoms with Crippen molar-refractivity contribution in [2.75, 3.05) is 23.3 Å². The molecule has 1 fully saturated rings. The molecule has 1 aliphatic carbocycles. The third kappa shape index (κ3) is 2.93. The monoisotopic (exact) mass is 299 g/mol. The molecule has 2 unspecified atom stereocenters. The van der Waals surface area contributed by atoms with Crippen LogP contribution >= 0.6 is 11.8 Å². The summed E-state index contributed by atoms with van der Waals surface area (Å²) in [5.74, 6) is 0.954. The van der Waals surface area contributed by atoms with Crippen molar-refractivity contribution < 1.29 is 10.0 Å². The van der Waals surface area contributed by atoms with E-state index in [0.29, 0.717) is 6.54 Å². The summed E-state index contributed by atoms with van der Waals surface area (Å²) in [6.45, 7) is 2.36. The number of nitrogen functional groups attached to an aromatic ring is 1. The van der Waals surface area contributed by atoms with Crippen LogP contribution in [0, 0.1) is 10.1 Å². The minimum Gasteiger partial charge on any atom is -0.387 e. The first-order valence-corrected chi connectivity index (χ1v) is 7.36. The highest BCUT2D eigenvalue weighted by Crippen LogP contribution is 2.41. The second-order valence-electron chi connectivity index (χ2n) is 4.66. The molecular weight excluding hydrogens is 282 g/mol. The molecule has 9 heteroatoms. The molecule has 110 valence electrons. The normalized spacial score (nSPS) is 25.0. The van der Waals surface area contributed by atoms with Gasteiger partial charge in [0.05, 0.1) is 10.5 Å². The predicted molar refractivity (Wildman–Crippen MR) is 77.7 cm³/mol. The lowest BCUT2D eigenvalue weighted by Gasteiger charge is -2.45. The minimum atomic E-state index is -0.777. The largest absolute Gasteiger partial charge is 0.387 e. The van der Waals surface area contributed by atoms with Crippen molar-refractivity contribution in [2.24, 2.45) is 0 Å². The zero-order valence-corrected chi connectivity index (χ0v) is 11.9. The first kappa shape index (κ1) is 14.8.